The molecule has 1 N–H and O–H groups in total. The van der Waals surface area contributed by atoms with Crippen LogP contribution in [0.15, 0.2) is 12.2 Å². The molecule has 0 aromatic carbocycles. The Morgan fingerprint density at radius 3 is 2.78 bits per heavy atom. The minimum Gasteiger partial charge on any atom is -0.481 e. The fraction of sp³-hybridized carbons (Fsp3) is 0.692. The quantitative estimate of drug-likeness (QED) is 0.716. The first-order valence-corrected chi connectivity index (χ1v) is 7.27. The summed E-state index contributed by atoms with van der Waals surface area (Å²) in [5.74, 6) is 1.39. The molecule has 0 heterocycles. The van der Waals surface area contributed by atoms with Crippen molar-refractivity contribution in [1.29, 1.82) is 0 Å². The third-order valence-electron chi connectivity index (χ3n) is 3.55. The molecule has 0 aromatic rings. The van der Waals surface area contributed by atoms with E-state index in [-0.39, 0.29) is 18.1 Å². The molecule has 5 heteroatoms. The van der Waals surface area contributed by atoms with Gasteiger partial charge in [-0.15, -0.1) is 0 Å². The van der Waals surface area contributed by atoms with Crippen LogP contribution in [0.25, 0.3) is 0 Å². The number of rotatable bonds is 7. The number of allylic oxidation sites excluding steroid dienone is 2. The van der Waals surface area contributed by atoms with Gasteiger partial charge in [0.25, 0.3) is 0 Å². The van der Waals surface area contributed by atoms with E-state index in [0.29, 0.717) is 24.2 Å². The standard InChI is InChI=1S/C13H18O4S/c14-12(15)3-4-18-13(16)8-17-7-11-6-9-1-2-10(11)5-9/h1-2,9-11H,3-8H2,(H,14,15). The topological polar surface area (TPSA) is 63.6 Å². The second-order valence-electron chi connectivity index (χ2n) is 4.92. The number of carboxylic acid groups (broad SMARTS) is 1. The van der Waals surface area contributed by atoms with Crippen LogP contribution in [-0.2, 0) is 14.3 Å². The molecule has 3 unspecified atom stereocenters. The Balaban J connectivity index is 1.54. The molecule has 2 aliphatic carbocycles. The third-order valence-corrected chi connectivity index (χ3v) is 4.40. The molecule has 2 rings (SSSR count). The number of thioether (sulfide) groups is 1. The fourth-order valence-corrected chi connectivity index (χ4v) is 3.34. The Hall–Kier alpha value is -0.810. The van der Waals surface area contributed by atoms with Crippen LogP contribution in [0.2, 0.25) is 0 Å². The van der Waals surface area contributed by atoms with E-state index >= 15 is 0 Å². The molecule has 0 radical (unpaired) electrons. The summed E-state index contributed by atoms with van der Waals surface area (Å²) in [5.41, 5.74) is 0. The summed E-state index contributed by atoms with van der Waals surface area (Å²) in [6.07, 6.45) is 7.00. The monoisotopic (exact) mass is 270 g/mol. The summed E-state index contributed by atoms with van der Waals surface area (Å²) in [4.78, 5) is 21.7. The Morgan fingerprint density at radius 1 is 1.33 bits per heavy atom. The molecular weight excluding hydrogens is 252 g/mol. The molecule has 4 nitrogen and oxygen atoms in total. The Kier molecular flexibility index (Phi) is 4.83. The smallest absolute Gasteiger partial charge is 0.304 e. The highest BCUT2D eigenvalue weighted by Crippen LogP contribution is 2.43. The molecule has 0 amide bonds. The van der Waals surface area contributed by atoms with Crippen molar-refractivity contribution < 1.29 is 19.4 Å². The van der Waals surface area contributed by atoms with Crippen molar-refractivity contribution in [2.45, 2.75) is 19.3 Å². The molecule has 2 bridgehead atoms. The molecule has 0 spiro atoms. The lowest BCUT2D eigenvalue weighted by molar-refractivity contribution is -0.136. The summed E-state index contributed by atoms with van der Waals surface area (Å²) < 4.78 is 5.44. The van der Waals surface area contributed by atoms with Crippen LogP contribution >= 0.6 is 11.8 Å². The van der Waals surface area contributed by atoms with Crippen LogP contribution in [0.5, 0.6) is 0 Å². The molecule has 0 aliphatic heterocycles. The lowest BCUT2D eigenvalue weighted by Crippen LogP contribution is -2.17. The van der Waals surface area contributed by atoms with E-state index < -0.39 is 5.97 Å². The van der Waals surface area contributed by atoms with Crippen LogP contribution in [0, 0.1) is 17.8 Å². The van der Waals surface area contributed by atoms with Gasteiger partial charge in [-0.25, -0.2) is 0 Å². The van der Waals surface area contributed by atoms with Gasteiger partial charge in [0.15, 0.2) is 0 Å². The maximum atomic E-state index is 11.4. The first-order valence-electron chi connectivity index (χ1n) is 6.28. The first kappa shape index (κ1) is 13.6. The molecule has 2 aliphatic rings. The SMILES string of the molecule is O=C(O)CCSC(=O)COCC1CC2C=CC1C2. The second kappa shape index (κ2) is 6.38. The Labute approximate surface area is 111 Å². The molecule has 0 aromatic heterocycles. The summed E-state index contributed by atoms with van der Waals surface area (Å²) in [5, 5.41) is 8.37. The van der Waals surface area contributed by atoms with Gasteiger partial charge in [-0.05, 0) is 30.6 Å². The van der Waals surface area contributed by atoms with Gasteiger partial charge in [-0.2, -0.15) is 0 Å². The van der Waals surface area contributed by atoms with Crippen molar-refractivity contribution >= 4 is 22.8 Å². The van der Waals surface area contributed by atoms with Crippen molar-refractivity contribution in [2.75, 3.05) is 19.0 Å². The van der Waals surface area contributed by atoms with Crippen LogP contribution < -0.4 is 0 Å². The predicted octanol–water partition coefficient (Wildman–Crippen LogP) is 1.95. The van der Waals surface area contributed by atoms with Gasteiger partial charge < -0.3 is 9.84 Å². The highest BCUT2D eigenvalue weighted by Gasteiger charge is 2.35. The zero-order valence-corrected chi connectivity index (χ0v) is 11.0. The number of carboxylic acids is 1. The van der Waals surface area contributed by atoms with Crippen molar-refractivity contribution in [3.8, 4) is 0 Å². The minimum absolute atomic E-state index is 0.0214. The summed E-state index contributed by atoms with van der Waals surface area (Å²) >= 11 is 1.04. The van der Waals surface area contributed by atoms with Crippen molar-refractivity contribution in [2.24, 2.45) is 17.8 Å². The number of aliphatic carboxylic acids is 1. The normalized spacial score (nSPS) is 28.8. The predicted molar refractivity (Wildman–Crippen MR) is 69.4 cm³/mol. The highest BCUT2D eigenvalue weighted by molar-refractivity contribution is 8.13. The second-order valence-corrected chi connectivity index (χ2v) is 6.07. The summed E-state index contributed by atoms with van der Waals surface area (Å²) in [7, 11) is 0. The molecule has 3 atom stereocenters. The van der Waals surface area contributed by atoms with Crippen molar-refractivity contribution in [3.05, 3.63) is 12.2 Å². The average Bonchev–Trinajstić information content (AvgIpc) is 2.90. The Morgan fingerprint density at radius 2 is 2.17 bits per heavy atom. The van der Waals surface area contributed by atoms with Gasteiger partial charge in [0, 0.05) is 5.75 Å². The summed E-state index contributed by atoms with van der Waals surface area (Å²) in [6.45, 7) is 0.749. The van der Waals surface area contributed by atoms with Crippen LogP contribution in [0.4, 0.5) is 0 Å². The molecule has 1 fully saturated rings. The number of fused-ring (bicyclic) bond motifs is 2. The third kappa shape index (κ3) is 3.85. The average molecular weight is 270 g/mol. The molecule has 18 heavy (non-hydrogen) atoms. The lowest BCUT2D eigenvalue weighted by atomic mass is 9.95. The molecule has 1 saturated carbocycles. The molecule has 100 valence electrons. The number of hydrogen-bond donors (Lipinski definition) is 1. The maximum absolute atomic E-state index is 11.4. The van der Waals surface area contributed by atoms with Gasteiger partial charge in [0.2, 0.25) is 5.12 Å². The molecular formula is C13H18O4S. The number of carbonyl (C=O) groups is 2. The van der Waals surface area contributed by atoms with Gasteiger partial charge in [0.1, 0.15) is 6.61 Å². The van der Waals surface area contributed by atoms with Crippen LogP contribution in [0.1, 0.15) is 19.3 Å². The van der Waals surface area contributed by atoms with Gasteiger partial charge in [-0.3, -0.25) is 9.59 Å². The highest BCUT2D eigenvalue weighted by atomic mass is 32.2. The van der Waals surface area contributed by atoms with E-state index in [0.717, 1.165) is 17.7 Å². The van der Waals surface area contributed by atoms with E-state index in [9.17, 15) is 9.59 Å². The van der Waals surface area contributed by atoms with E-state index in [2.05, 4.69) is 12.2 Å². The fourth-order valence-electron chi connectivity index (χ4n) is 2.67. The first-order chi connectivity index (χ1) is 8.65. The van der Waals surface area contributed by atoms with Crippen molar-refractivity contribution in [1.82, 2.24) is 0 Å². The number of ether oxygens (including phenoxy) is 1. The van der Waals surface area contributed by atoms with E-state index in [1.165, 1.54) is 12.8 Å². The number of carbonyl (C=O) groups excluding carboxylic acids is 1. The van der Waals surface area contributed by atoms with E-state index in [1.807, 2.05) is 0 Å². The van der Waals surface area contributed by atoms with Crippen molar-refractivity contribution in [3.63, 3.8) is 0 Å². The number of hydrogen-bond acceptors (Lipinski definition) is 4. The summed E-state index contributed by atoms with van der Waals surface area (Å²) in [6, 6.07) is 0. The maximum Gasteiger partial charge on any atom is 0.304 e. The van der Waals surface area contributed by atoms with E-state index in [1.54, 1.807) is 0 Å². The largest absolute Gasteiger partial charge is 0.481 e. The zero-order chi connectivity index (χ0) is 13.0. The Bertz CT molecular complexity index is 353. The zero-order valence-electron chi connectivity index (χ0n) is 10.2. The van der Waals surface area contributed by atoms with Gasteiger partial charge in [-0.1, -0.05) is 23.9 Å². The van der Waals surface area contributed by atoms with Gasteiger partial charge >= 0.3 is 5.97 Å². The van der Waals surface area contributed by atoms with Crippen LogP contribution in [0.3, 0.4) is 0 Å². The lowest BCUT2D eigenvalue weighted by Gasteiger charge is -2.17. The van der Waals surface area contributed by atoms with E-state index in [4.69, 9.17) is 9.84 Å². The van der Waals surface area contributed by atoms with Gasteiger partial charge in [0.05, 0.1) is 13.0 Å². The minimum atomic E-state index is -0.870. The van der Waals surface area contributed by atoms with Crippen LogP contribution in [-0.4, -0.2) is 35.2 Å². The molecule has 0 saturated heterocycles.